The van der Waals surface area contributed by atoms with Crippen LogP contribution >= 0.6 is 11.6 Å². The van der Waals surface area contributed by atoms with Gasteiger partial charge < -0.3 is 5.11 Å². The van der Waals surface area contributed by atoms with Crippen LogP contribution in [0.25, 0.3) is 0 Å². The monoisotopic (exact) mass is 308 g/mol. The number of nitrogens with zero attached hydrogens (tertiary/aromatic N) is 2. The molecule has 1 aliphatic carbocycles. The molecule has 0 unspecified atom stereocenters. The van der Waals surface area contributed by atoms with Gasteiger partial charge in [0, 0.05) is 12.2 Å². The highest BCUT2D eigenvalue weighted by molar-refractivity contribution is 6.33. The number of aromatic nitrogens is 1. The third-order valence-corrected chi connectivity index (χ3v) is 2.99. The molecule has 5 nitrogen and oxygen atoms in total. The summed E-state index contributed by atoms with van der Waals surface area (Å²) in [6, 6.07) is 0.256. The first kappa shape index (κ1) is 14.6. The summed E-state index contributed by atoms with van der Waals surface area (Å²) in [6.45, 7) is 0. The average Bonchev–Trinajstić information content (AvgIpc) is 3.14. The largest absolute Gasteiger partial charge is 0.478 e. The number of aromatic carboxylic acids is 1. The normalized spacial score (nSPS) is 15.0. The maximum Gasteiger partial charge on any atom is 0.471 e. The molecular weight excluding hydrogens is 301 g/mol. The molecule has 9 heteroatoms. The third-order valence-electron chi connectivity index (χ3n) is 2.69. The lowest BCUT2D eigenvalue weighted by atomic mass is 10.2. The minimum absolute atomic E-state index is 0.212. The minimum atomic E-state index is -5.05. The van der Waals surface area contributed by atoms with Crippen LogP contribution in [0, 0.1) is 0 Å². The van der Waals surface area contributed by atoms with Crippen LogP contribution in [0.4, 0.5) is 19.0 Å². The van der Waals surface area contributed by atoms with Crippen molar-refractivity contribution in [1.82, 2.24) is 4.98 Å². The van der Waals surface area contributed by atoms with Gasteiger partial charge in [-0.05, 0) is 18.9 Å². The summed E-state index contributed by atoms with van der Waals surface area (Å²) in [4.78, 5) is 26.4. The van der Waals surface area contributed by atoms with Gasteiger partial charge in [-0.2, -0.15) is 13.2 Å². The fraction of sp³-hybridized carbons (Fsp3) is 0.364. The van der Waals surface area contributed by atoms with Crippen LogP contribution in [-0.2, 0) is 4.79 Å². The van der Waals surface area contributed by atoms with E-state index in [1.807, 2.05) is 0 Å². The molecule has 1 saturated carbocycles. The van der Waals surface area contributed by atoms with Crippen molar-refractivity contribution >= 4 is 29.3 Å². The fourth-order valence-corrected chi connectivity index (χ4v) is 1.83. The standard InChI is InChI=1S/C11H8ClF3N2O3/c12-7-4-16-8(3-6(7)9(18)19)17(5-1-2-5)10(20)11(13,14)15/h3-5H,1-2H2,(H,18,19). The first-order valence-electron chi connectivity index (χ1n) is 5.51. The molecule has 1 fully saturated rings. The Morgan fingerprint density at radius 1 is 1.40 bits per heavy atom. The molecule has 0 atom stereocenters. The number of hydrogen-bond acceptors (Lipinski definition) is 3. The number of carboxylic acid groups (broad SMARTS) is 1. The van der Waals surface area contributed by atoms with Crippen LogP contribution in [0.1, 0.15) is 23.2 Å². The molecule has 1 aromatic heterocycles. The number of hydrogen-bond donors (Lipinski definition) is 1. The van der Waals surface area contributed by atoms with Crippen LogP contribution in [0.2, 0.25) is 5.02 Å². The highest BCUT2D eigenvalue weighted by atomic mass is 35.5. The van der Waals surface area contributed by atoms with Gasteiger partial charge in [-0.3, -0.25) is 9.69 Å². The summed E-state index contributed by atoms with van der Waals surface area (Å²) >= 11 is 5.59. The van der Waals surface area contributed by atoms with E-state index in [4.69, 9.17) is 16.7 Å². The number of alkyl halides is 3. The van der Waals surface area contributed by atoms with E-state index in [0.29, 0.717) is 17.7 Å². The Morgan fingerprint density at radius 2 is 2.00 bits per heavy atom. The molecule has 1 aliphatic rings. The number of rotatable bonds is 3. The molecule has 0 aromatic carbocycles. The van der Waals surface area contributed by atoms with Crippen molar-refractivity contribution in [3.05, 3.63) is 22.8 Å². The number of carboxylic acids is 1. The molecule has 0 radical (unpaired) electrons. The second-order valence-electron chi connectivity index (χ2n) is 4.23. The van der Waals surface area contributed by atoms with Crippen LogP contribution in [0.15, 0.2) is 12.3 Å². The lowest BCUT2D eigenvalue weighted by Crippen LogP contribution is -2.43. The van der Waals surface area contributed by atoms with Crippen molar-refractivity contribution in [2.45, 2.75) is 25.1 Å². The molecule has 0 bridgehead atoms. The van der Waals surface area contributed by atoms with Gasteiger partial charge in [-0.1, -0.05) is 11.6 Å². The van der Waals surface area contributed by atoms with Crippen molar-refractivity contribution < 1.29 is 27.9 Å². The maximum atomic E-state index is 12.6. The smallest absolute Gasteiger partial charge is 0.471 e. The van der Waals surface area contributed by atoms with Crippen molar-refractivity contribution in [1.29, 1.82) is 0 Å². The maximum absolute atomic E-state index is 12.6. The van der Waals surface area contributed by atoms with Gasteiger partial charge in [-0.25, -0.2) is 9.78 Å². The van der Waals surface area contributed by atoms with Crippen LogP contribution in [-0.4, -0.2) is 34.2 Å². The number of anilines is 1. The Balaban J connectivity index is 2.43. The van der Waals surface area contributed by atoms with E-state index in [1.165, 1.54) is 0 Å². The van der Waals surface area contributed by atoms with Gasteiger partial charge >= 0.3 is 18.1 Å². The van der Waals surface area contributed by atoms with Crippen molar-refractivity contribution in [2.24, 2.45) is 0 Å². The summed E-state index contributed by atoms with van der Waals surface area (Å²) in [6.07, 6.45) is -3.31. The van der Waals surface area contributed by atoms with Gasteiger partial charge in [0.1, 0.15) is 5.82 Å². The molecule has 0 aliphatic heterocycles. The van der Waals surface area contributed by atoms with Gasteiger partial charge in [0.15, 0.2) is 0 Å². The second-order valence-corrected chi connectivity index (χ2v) is 4.64. The summed E-state index contributed by atoms with van der Waals surface area (Å²) in [7, 11) is 0. The predicted octanol–water partition coefficient (Wildman–Crippen LogP) is 2.49. The molecule has 1 N–H and O–H groups in total. The van der Waals surface area contributed by atoms with E-state index < -0.39 is 29.7 Å². The fourth-order valence-electron chi connectivity index (χ4n) is 1.65. The third kappa shape index (κ3) is 2.84. The zero-order valence-electron chi connectivity index (χ0n) is 9.82. The average molecular weight is 309 g/mol. The molecule has 1 amide bonds. The molecular formula is C11H8ClF3N2O3. The molecule has 2 rings (SSSR count). The number of carbonyl (C=O) groups is 2. The lowest BCUT2D eigenvalue weighted by Gasteiger charge is -2.22. The molecule has 0 saturated heterocycles. The number of amides is 1. The van der Waals surface area contributed by atoms with Crippen LogP contribution in [0.5, 0.6) is 0 Å². The Hall–Kier alpha value is -1.83. The lowest BCUT2D eigenvalue weighted by molar-refractivity contribution is -0.170. The van der Waals surface area contributed by atoms with Gasteiger partial charge in [0.05, 0.1) is 10.6 Å². The highest BCUT2D eigenvalue weighted by Crippen LogP contribution is 2.35. The summed E-state index contributed by atoms with van der Waals surface area (Å²) in [5.74, 6) is -3.84. The van der Waals surface area contributed by atoms with Crippen molar-refractivity contribution in [3.63, 3.8) is 0 Å². The molecule has 1 aromatic rings. The van der Waals surface area contributed by atoms with Gasteiger partial charge in [-0.15, -0.1) is 0 Å². The molecule has 20 heavy (non-hydrogen) atoms. The first-order chi connectivity index (χ1) is 9.21. The quantitative estimate of drug-likeness (QED) is 0.931. The predicted molar refractivity (Wildman–Crippen MR) is 62.8 cm³/mol. The van der Waals surface area contributed by atoms with Crippen molar-refractivity contribution in [2.75, 3.05) is 4.90 Å². The van der Waals surface area contributed by atoms with Crippen LogP contribution < -0.4 is 4.90 Å². The molecule has 1 heterocycles. The Labute approximate surface area is 116 Å². The highest BCUT2D eigenvalue weighted by Gasteiger charge is 2.48. The van der Waals surface area contributed by atoms with Crippen molar-refractivity contribution in [3.8, 4) is 0 Å². The number of carbonyl (C=O) groups excluding carboxylic acids is 1. The summed E-state index contributed by atoms with van der Waals surface area (Å²) < 4.78 is 37.7. The van der Waals surface area contributed by atoms with E-state index in [0.717, 1.165) is 12.3 Å². The zero-order chi connectivity index (χ0) is 15.1. The molecule has 0 spiro atoms. The van der Waals surface area contributed by atoms with E-state index in [1.54, 1.807) is 0 Å². The minimum Gasteiger partial charge on any atom is -0.478 e. The van der Waals surface area contributed by atoms with Gasteiger partial charge in [0.25, 0.3) is 0 Å². The Kier molecular flexibility index (Phi) is 3.59. The van der Waals surface area contributed by atoms with E-state index in [2.05, 4.69) is 4.98 Å². The number of halogens is 4. The molecule has 108 valence electrons. The summed E-state index contributed by atoms with van der Waals surface area (Å²) in [5.41, 5.74) is -0.405. The summed E-state index contributed by atoms with van der Waals surface area (Å²) in [5, 5.41) is 8.68. The second kappa shape index (κ2) is 4.93. The Morgan fingerprint density at radius 3 is 2.45 bits per heavy atom. The van der Waals surface area contributed by atoms with E-state index >= 15 is 0 Å². The SMILES string of the molecule is O=C(O)c1cc(N(C(=O)C(F)(F)F)C2CC2)ncc1Cl. The Bertz CT molecular complexity index is 573. The van der Waals surface area contributed by atoms with E-state index in [-0.39, 0.29) is 10.8 Å². The van der Waals surface area contributed by atoms with Gasteiger partial charge in [0.2, 0.25) is 0 Å². The zero-order valence-corrected chi connectivity index (χ0v) is 10.6. The topological polar surface area (TPSA) is 70.5 Å². The van der Waals surface area contributed by atoms with Crippen LogP contribution in [0.3, 0.4) is 0 Å². The van der Waals surface area contributed by atoms with E-state index in [9.17, 15) is 22.8 Å². The number of pyridine rings is 1. The first-order valence-corrected chi connectivity index (χ1v) is 5.89.